The highest BCUT2D eigenvalue weighted by molar-refractivity contribution is 5.89. The first-order chi connectivity index (χ1) is 15.6. The number of para-hydroxylation sites is 2. The molecule has 0 radical (unpaired) electrons. The van der Waals surface area contributed by atoms with Gasteiger partial charge in [-0.05, 0) is 54.8 Å². The Balaban J connectivity index is 1.52. The number of hydrogen-bond donors (Lipinski definition) is 1. The van der Waals surface area contributed by atoms with E-state index in [1.54, 1.807) is 6.92 Å². The third kappa shape index (κ3) is 4.68. The standard InChI is InChI=1S/C27H26O5/c1-3-30-25(27(28)29)16-19-12-14-20(15-13-19)31-17-18(2)26-21-8-4-6-10-23(21)32-24-11-7-5-9-22(24)26/h4-15,25H,3,16-17H2,1-2H3,(H,28,29). The van der Waals surface area contributed by atoms with Crippen LogP contribution in [0.25, 0.3) is 5.57 Å². The lowest BCUT2D eigenvalue weighted by molar-refractivity contribution is -0.149. The topological polar surface area (TPSA) is 65.0 Å². The van der Waals surface area contributed by atoms with Crippen molar-refractivity contribution in [3.63, 3.8) is 0 Å². The molecule has 3 aromatic carbocycles. The molecule has 1 N–H and O–H groups in total. The minimum absolute atomic E-state index is 0.320. The van der Waals surface area contributed by atoms with E-state index in [-0.39, 0.29) is 0 Å². The lowest BCUT2D eigenvalue weighted by Crippen LogP contribution is -2.26. The van der Waals surface area contributed by atoms with Crippen molar-refractivity contribution in [1.29, 1.82) is 0 Å². The summed E-state index contributed by atoms with van der Waals surface area (Å²) in [4.78, 5) is 11.3. The molecular weight excluding hydrogens is 404 g/mol. The van der Waals surface area contributed by atoms with Gasteiger partial charge in [0, 0.05) is 24.2 Å². The van der Waals surface area contributed by atoms with Crippen LogP contribution in [0.1, 0.15) is 30.5 Å². The number of carboxylic acids is 1. The maximum atomic E-state index is 11.3. The predicted octanol–water partition coefficient (Wildman–Crippen LogP) is 5.73. The Morgan fingerprint density at radius 1 is 0.938 bits per heavy atom. The normalized spacial score (nSPS) is 12.9. The van der Waals surface area contributed by atoms with Gasteiger partial charge in [-0.25, -0.2) is 4.79 Å². The van der Waals surface area contributed by atoms with Gasteiger partial charge in [0.1, 0.15) is 23.9 Å². The molecule has 0 amide bonds. The molecular formula is C27H26O5. The maximum absolute atomic E-state index is 11.3. The Morgan fingerprint density at radius 2 is 1.53 bits per heavy atom. The fraction of sp³-hybridized carbons (Fsp3) is 0.222. The Kier molecular flexibility index (Phi) is 6.57. The highest BCUT2D eigenvalue weighted by atomic mass is 16.5. The van der Waals surface area contributed by atoms with E-state index in [1.807, 2.05) is 60.7 Å². The Labute approximate surface area is 187 Å². The fourth-order valence-corrected chi connectivity index (χ4v) is 3.87. The minimum Gasteiger partial charge on any atom is -0.489 e. The average molecular weight is 431 g/mol. The quantitative estimate of drug-likeness (QED) is 0.387. The van der Waals surface area contributed by atoms with Gasteiger partial charge in [0.2, 0.25) is 0 Å². The number of ether oxygens (including phenoxy) is 3. The van der Waals surface area contributed by atoms with Crippen LogP contribution in [-0.4, -0.2) is 30.4 Å². The minimum atomic E-state index is -0.952. The molecule has 5 nitrogen and oxygen atoms in total. The van der Waals surface area contributed by atoms with Gasteiger partial charge < -0.3 is 19.3 Å². The molecule has 1 atom stereocenters. The Bertz CT molecular complexity index is 1080. The van der Waals surface area contributed by atoms with Crippen molar-refractivity contribution in [2.45, 2.75) is 26.4 Å². The van der Waals surface area contributed by atoms with Crippen molar-refractivity contribution in [2.75, 3.05) is 13.2 Å². The average Bonchev–Trinajstić information content (AvgIpc) is 2.81. The highest BCUT2D eigenvalue weighted by Gasteiger charge is 2.23. The van der Waals surface area contributed by atoms with Crippen LogP contribution in [0.15, 0.2) is 78.4 Å². The molecule has 0 aliphatic carbocycles. The molecule has 4 rings (SSSR count). The first kappa shape index (κ1) is 21.7. The molecule has 1 heterocycles. The van der Waals surface area contributed by atoms with E-state index in [2.05, 4.69) is 19.1 Å². The molecule has 0 fully saturated rings. The molecule has 0 spiro atoms. The monoisotopic (exact) mass is 430 g/mol. The molecule has 0 saturated heterocycles. The molecule has 164 valence electrons. The number of hydrogen-bond acceptors (Lipinski definition) is 4. The highest BCUT2D eigenvalue weighted by Crippen LogP contribution is 2.44. The SMILES string of the molecule is CCOC(Cc1ccc(OCC(C)=C2c3ccccc3Oc3ccccc32)cc1)C(=O)O. The fourth-order valence-electron chi connectivity index (χ4n) is 3.87. The van der Waals surface area contributed by atoms with E-state index in [0.717, 1.165) is 45.1 Å². The number of rotatable bonds is 8. The molecule has 0 bridgehead atoms. The van der Waals surface area contributed by atoms with Crippen molar-refractivity contribution < 1.29 is 24.1 Å². The van der Waals surface area contributed by atoms with Crippen LogP contribution in [0.5, 0.6) is 17.2 Å². The van der Waals surface area contributed by atoms with E-state index in [4.69, 9.17) is 14.2 Å². The van der Waals surface area contributed by atoms with E-state index in [9.17, 15) is 9.90 Å². The van der Waals surface area contributed by atoms with Gasteiger partial charge >= 0.3 is 5.97 Å². The second-order valence-electron chi connectivity index (χ2n) is 7.67. The summed E-state index contributed by atoms with van der Waals surface area (Å²) in [6.45, 7) is 4.65. The third-order valence-corrected chi connectivity index (χ3v) is 5.40. The van der Waals surface area contributed by atoms with Crippen LogP contribution in [0.3, 0.4) is 0 Å². The van der Waals surface area contributed by atoms with Gasteiger partial charge in [0.25, 0.3) is 0 Å². The molecule has 5 heteroatoms. The van der Waals surface area contributed by atoms with E-state index in [1.165, 1.54) is 0 Å². The van der Waals surface area contributed by atoms with Crippen LogP contribution in [-0.2, 0) is 16.0 Å². The maximum Gasteiger partial charge on any atom is 0.333 e. The van der Waals surface area contributed by atoms with Gasteiger partial charge in [0.15, 0.2) is 6.10 Å². The summed E-state index contributed by atoms with van der Waals surface area (Å²) in [6.07, 6.45) is -0.521. The van der Waals surface area contributed by atoms with Crippen LogP contribution in [0.2, 0.25) is 0 Å². The first-order valence-corrected chi connectivity index (χ1v) is 10.7. The number of benzene rings is 3. The van der Waals surface area contributed by atoms with Gasteiger partial charge in [0.05, 0.1) is 0 Å². The van der Waals surface area contributed by atoms with Crippen LogP contribution in [0, 0.1) is 0 Å². The first-order valence-electron chi connectivity index (χ1n) is 10.7. The number of aliphatic carboxylic acids is 1. The van der Waals surface area contributed by atoms with Crippen LogP contribution >= 0.6 is 0 Å². The van der Waals surface area contributed by atoms with Crippen molar-refractivity contribution in [3.05, 3.63) is 95.1 Å². The van der Waals surface area contributed by atoms with Crippen molar-refractivity contribution in [3.8, 4) is 17.2 Å². The Hall–Kier alpha value is -3.57. The van der Waals surface area contributed by atoms with Crippen molar-refractivity contribution in [1.82, 2.24) is 0 Å². The summed E-state index contributed by atoms with van der Waals surface area (Å²) in [5.74, 6) is 1.46. The lowest BCUT2D eigenvalue weighted by atomic mass is 9.90. The van der Waals surface area contributed by atoms with E-state index < -0.39 is 12.1 Å². The molecule has 1 unspecified atom stereocenters. The zero-order chi connectivity index (χ0) is 22.5. The number of carbonyl (C=O) groups is 1. The van der Waals surface area contributed by atoms with E-state index >= 15 is 0 Å². The summed E-state index contributed by atoms with van der Waals surface area (Å²) >= 11 is 0. The van der Waals surface area contributed by atoms with Gasteiger partial charge in [-0.2, -0.15) is 0 Å². The van der Waals surface area contributed by atoms with Crippen LogP contribution < -0.4 is 9.47 Å². The van der Waals surface area contributed by atoms with Gasteiger partial charge in [-0.15, -0.1) is 0 Å². The number of carboxylic acid groups (broad SMARTS) is 1. The second-order valence-corrected chi connectivity index (χ2v) is 7.67. The summed E-state index contributed by atoms with van der Waals surface area (Å²) in [7, 11) is 0. The van der Waals surface area contributed by atoms with Gasteiger partial charge in [-0.3, -0.25) is 0 Å². The largest absolute Gasteiger partial charge is 0.489 e. The molecule has 32 heavy (non-hydrogen) atoms. The summed E-state index contributed by atoms with van der Waals surface area (Å²) < 4.78 is 17.4. The second kappa shape index (κ2) is 9.71. The molecule has 1 aliphatic heterocycles. The van der Waals surface area contributed by atoms with E-state index in [0.29, 0.717) is 19.6 Å². The number of fused-ring (bicyclic) bond motifs is 2. The summed E-state index contributed by atoms with van der Waals surface area (Å²) in [5, 5.41) is 9.27. The van der Waals surface area contributed by atoms with Gasteiger partial charge in [-0.1, -0.05) is 48.5 Å². The molecule has 1 aliphatic rings. The van der Waals surface area contributed by atoms with Crippen molar-refractivity contribution in [2.24, 2.45) is 0 Å². The smallest absolute Gasteiger partial charge is 0.333 e. The summed E-state index contributed by atoms with van der Waals surface area (Å²) in [5.41, 5.74) is 5.22. The van der Waals surface area contributed by atoms with Crippen LogP contribution in [0.4, 0.5) is 0 Å². The molecule has 0 aromatic heterocycles. The van der Waals surface area contributed by atoms with Crippen molar-refractivity contribution >= 4 is 11.5 Å². The molecule has 3 aromatic rings. The third-order valence-electron chi connectivity index (χ3n) is 5.40. The predicted molar refractivity (Wildman–Crippen MR) is 123 cm³/mol. The zero-order valence-corrected chi connectivity index (χ0v) is 18.2. The molecule has 0 saturated carbocycles. The Morgan fingerprint density at radius 3 is 2.09 bits per heavy atom. The lowest BCUT2D eigenvalue weighted by Gasteiger charge is -2.24. The zero-order valence-electron chi connectivity index (χ0n) is 18.2. The summed E-state index contributed by atoms with van der Waals surface area (Å²) in [6, 6.07) is 23.5.